The van der Waals surface area contributed by atoms with Crippen LogP contribution in [0.4, 0.5) is 11.4 Å². The van der Waals surface area contributed by atoms with Crippen LogP contribution in [0.1, 0.15) is 40.9 Å². The SMILES string of the molecule is CCc1ccc(NC(=O)C(C)Oc2ccc(C(=O)Nc3cccc(C)c3C)cc2)cc1. The van der Waals surface area contributed by atoms with Crippen molar-refractivity contribution >= 4 is 23.2 Å². The van der Waals surface area contributed by atoms with Crippen LogP contribution in [0, 0.1) is 13.8 Å². The molecule has 0 heterocycles. The lowest BCUT2D eigenvalue weighted by molar-refractivity contribution is -0.122. The third-order valence-corrected chi connectivity index (χ3v) is 5.28. The van der Waals surface area contributed by atoms with Crippen LogP contribution in [0.3, 0.4) is 0 Å². The molecule has 0 saturated heterocycles. The standard InChI is InChI=1S/C26H28N2O3/c1-5-20-9-13-22(14-10-20)27-25(29)19(4)31-23-15-11-21(12-16-23)26(30)28-24-8-6-7-17(2)18(24)3/h6-16,19H,5H2,1-4H3,(H,27,29)(H,28,30). The van der Waals surface area contributed by atoms with Crippen molar-refractivity contribution in [2.24, 2.45) is 0 Å². The molecule has 0 saturated carbocycles. The Labute approximate surface area is 183 Å². The van der Waals surface area contributed by atoms with Gasteiger partial charge in [-0.15, -0.1) is 0 Å². The molecule has 2 N–H and O–H groups in total. The summed E-state index contributed by atoms with van der Waals surface area (Å²) >= 11 is 0. The fraction of sp³-hybridized carbons (Fsp3) is 0.231. The third kappa shape index (κ3) is 5.72. The molecule has 0 aliphatic rings. The number of hydrogen-bond donors (Lipinski definition) is 2. The summed E-state index contributed by atoms with van der Waals surface area (Å²) in [5.41, 5.74) is 5.42. The van der Waals surface area contributed by atoms with Gasteiger partial charge in [0.1, 0.15) is 5.75 Å². The van der Waals surface area contributed by atoms with Gasteiger partial charge in [0.15, 0.2) is 6.10 Å². The molecule has 0 bridgehead atoms. The number of ether oxygens (including phenoxy) is 1. The molecular weight excluding hydrogens is 388 g/mol. The second-order valence-corrected chi connectivity index (χ2v) is 7.53. The molecule has 3 aromatic rings. The summed E-state index contributed by atoms with van der Waals surface area (Å²) < 4.78 is 5.74. The molecule has 0 radical (unpaired) electrons. The predicted octanol–water partition coefficient (Wildman–Crippen LogP) is 5.52. The summed E-state index contributed by atoms with van der Waals surface area (Å²) in [4.78, 5) is 25.0. The van der Waals surface area contributed by atoms with Crippen molar-refractivity contribution in [1.29, 1.82) is 0 Å². The van der Waals surface area contributed by atoms with E-state index in [0.717, 1.165) is 28.9 Å². The van der Waals surface area contributed by atoms with Gasteiger partial charge in [-0.05, 0) is 86.3 Å². The van der Waals surface area contributed by atoms with Gasteiger partial charge >= 0.3 is 0 Å². The first-order valence-corrected chi connectivity index (χ1v) is 10.4. The maximum Gasteiger partial charge on any atom is 0.265 e. The van der Waals surface area contributed by atoms with Gasteiger partial charge in [0, 0.05) is 16.9 Å². The van der Waals surface area contributed by atoms with E-state index in [1.54, 1.807) is 31.2 Å². The van der Waals surface area contributed by atoms with Gasteiger partial charge in [0.05, 0.1) is 0 Å². The summed E-state index contributed by atoms with van der Waals surface area (Å²) in [6.45, 7) is 7.76. The third-order valence-electron chi connectivity index (χ3n) is 5.28. The van der Waals surface area contributed by atoms with Crippen LogP contribution in [0.5, 0.6) is 5.75 Å². The second kappa shape index (κ2) is 9.94. The van der Waals surface area contributed by atoms with Gasteiger partial charge in [-0.3, -0.25) is 9.59 Å². The van der Waals surface area contributed by atoms with Crippen molar-refractivity contribution in [2.45, 2.75) is 40.2 Å². The molecule has 0 aromatic heterocycles. The van der Waals surface area contributed by atoms with E-state index >= 15 is 0 Å². The number of hydrogen-bond acceptors (Lipinski definition) is 3. The van der Waals surface area contributed by atoms with E-state index in [4.69, 9.17) is 4.74 Å². The fourth-order valence-corrected chi connectivity index (χ4v) is 3.09. The lowest BCUT2D eigenvalue weighted by Gasteiger charge is -2.15. The van der Waals surface area contributed by atoms with Crippen LogP contribution in [0.2, 0.25) is 0 Å². The topological polar surface area (TPSA) is 67.4 Å². The lowest BCUT2D eigenvalue weighted by atomic mass is 10.1. The number of amides is 2. The summed E-state index contributed by atoms with van der Waals surface area (Å²) in [6, 6.07) is 20.3. The van der Waals surface area contributed by atoms with Crippen molar-refractivity contribution in [3.05, 3.63) is 89.0 Å². The highest BCUT2D eigenvalue weighted by Gasteiger charge is 2.15. The zero-order chi connectivity index (χ0) is 22.4. The number of rotatable bonds is 7. The van der Waals surface area contributed by atoms with Crippen molar-refractivity contribution in [3.8, 4) is 5.75 Å². The molecule has 1 unspecified atom stereocenters. The summed E-state index contributed by atoms with van der Waals surface area (Å²) in [5, 5.41) is 5.79. The summed E-state index contributed by atoms with van der Waals surface area (Å²) in [5.74, 6) is 0.0924. The van der Waals surface area contributed by atoms with E-state index in [9.17, 15) is 9.59 Å². The lowest BCUT2D eigenvalue weighted by Crippen LogP contribution is -2.30. The van der Waals surface area contributed by atoms with Crippen LogP contribution in [0.25, 0.3) is 0 Å². The Morgan fingerprint density at radius 1 is 0.903 bits per heavy atom. The van der Waals surface area contributed by atoms with Crippen molar-refractivity contribution in [1.82, 2.24) is 0 Å². The van der Waals surface area contributed by atoms with Crippen LogP contribution in [0.15, 0.2) is 66.7 Å². The Morgan fingerprint density at radius 2 is 1.58 bits per heavy atom. The molecular formula is C26H28N2O3. The Morgan fingerprint density at radius 3 is 2.23 bits per heavy atom. The van der Waals surface area contributed by atoms with E-state index in [2.05, 4.69) is 17.6 Å². The minimum absolute atomic E-state index is 0.193. The largest absolute Gasteiger partial charge is 0.481 e. The van der Waals surface area contributed by atoms with E-state index in [-0.39, 0.29) is 11.8 Å². The fourth-order valence-electron chi connectivity index (χ4n) is 3.09. The molecule has 2 amide bonds. The monoisotopic (exact) mass is 416 g/mol. The molecule has 5 heteroatoms. The first-order chi connectivity index (χ1) is 14.9. The van der Waals surface area contributed by atoms with Crippen molar-refractivity contribution < 1.29 is 14.3 Å². The molecule has 3 rings (SSSR count). The van der Waals surface area contributed by atoms with Crippen LogP contribution >= 0.6 is 0 Å². The Bertz CT molecular complexity index is 1060. The van der Waals surface area contributed by atoms with Gasteiger partial charge in [0.2, 0.25) is 0 Å². The maximum absolute atomic E-state index is 12.6. The van der Waals surface area contributed by atoms with Crippen molar-refractivity contribution in [2.75, 3.05) is 10.6 Å². The quantitative estimate of drug-likeness (QED) is 0.533. The molecule has 0 spiro atoms. The highest BCUT2D eigenvalue weighted by Crippen LogP contribution is 2.20. The van der Waals surface area contributed by atoms with E-state index in [1.807, 2.05) is 56.3 Å². The number of nitrogens with one attached hydrogen (secondary N) is 2. The second-order valence-electron chi connectivity index (χ2n) is 7.53. The van der Waals surface area contributed by atoms with E-state index < -0.39 is 6.10 Å². The Hall–Kier alpha value is -3.60. The maximum atomic E-state index is 12.6. The Kier molecular flexibility index (Phi) is 7.08. The van der Waals surface area contributed by atoms with Crippen LogP contribution in [-0.2, 0) is 11.2 Å². The Balaban J connectivity index is 1.58. The van der Waals surface area contributed by atoms with E-state index in [1.165, 1.54) is 5.56 Å². The van der Waals surface area contributed by atoms with Gasteiger partial charge in [-0.25, -0.2) is 0 Å². The molecule has 0 fully saturated rings. The molecule has 5 nitrogen and oxygen atoms in total. The zero-order valence-corrected chi connectivity index (χ0v) is 18.4. The van der Waals surface area contributed by atoms with Gasteiger partial charge < -0.3 is 15.4 Å². The average Bonchev–Trinajstić information content (AvgIpc) is 2.77. The minimum atomic E-state index is -0.680. The highest BCUT2D eigenvalue weighted by atomic mass is 16.5. The van der Waals surface area contributed by atoms with Gasteiger partial charge in [-0.1, -0.05) is 31.2 Å². The number of anilines is 2. The molecule has 0 aliphatic carbocycles. The van der Waals surface area contributed by atoms with Gasteiger partial charge in [-0.2, -0.15) is 0 Å². The highest BCUT2D eigenvalue weighted by molar-refractivity contribution is 6.04. The number of benzene rings is 3. The zero-order valence-electron chi connectivity index (χ0n) is 18.4. The van der Waals surface area contributed by atoms with Crippen molar-refractivity contribution in [3.63, 3.8) is 0 Å². The molecule has 31 heavy (non-hydrogen) atoms. The van der Waals surface area contributed by atoms with E-state index in [0.29, 0.717) is 11.3 Å². The summed E-state index contributed by atoms with van der Waals surface area (Å²) in [7, 11) is 0. The first kappa shape index (κ1) is 22.1. The predicted molar refractivity (Wildman–Crippen MR) is 125 cm³/mol. The summed E-state index contributed by atoms with van der Waals surface area (Å²) in [6.07, 6.45) is 0.271. The minimum Gasteiger partial charge on any atom is -0.481 e. The molecule has 160 valence electrons. The number of carbonyl (C=O) groups is 2. The van der Waals surface area contributed by atoms with Gasteiger partial charge in [0.25, 0.3) is 11.8 Å². The van der Waals surface area contributed by atoms with Crippen LogP contribution in [-0.4, -0.2) is 17.9 Å². The number of carbonyl (C=O) groups excluding carboxylic acids is 2. The number of aryl methyl sites for hydroxylation is 2. The molecule has 0 aliphatic heterocycles. The molecule has 3 aromatic carbocycles. The molecule has 1 atom stereocenters. The average molecular weight is 417 g/mol. The normalized spacial score (nSPS) is 11.5. The first-order valence-electron chi connectivity index (χ1n) is 10.4. The van der Waals surface area contributed by atoms with Crippen LogP contribution < -0.4 is 15.4 Å². The smallest absolute Gasteiger partial charge is 0.265 e.